The van der Waals surface area contributed by atoms with Crippen molar-refractivity contribution in [2.24, 2.45) is 23.1 Å². The summed E-state index contributed by atoms with van der Waals surface area (Å²) in [5.41, 5.74) is 17.8. The summed E-state index contributed by atoms with van der Waals surface area (Å²) in [7, 11) is 0. The smallest absolute Gasteiger partial charge is 0.243 e. The van der Waals surface area contributed by atoms with Gasteiger partial charge in [-0.2, -0.15) is 0 Å². The second-order valence-corrected chi connectivity index (χ2v) is 7.42. The molecular weight excluding hydrogens is 370 g/mol. The van der Waals surface area contributed by atoms with Gasteiger partial charge in [0, 0.05) is 6.42 Å². The van der Waals surface area contributed by atoms with Crippen LogP contribution in [-0.2, 0) is 20.8 Å². The van der Waals surface area contributed by atoms with Crippen LogP contribution in [0.5, 0.6) is 0 Å². The van der Waals surface area contributed by atoms with Crippen LogP contribution in [0.15, 0.2) is 30.3 Å². The van der Waals surface area contributed by atoms with Gasteiger partial charge in [-0.3, -0.25) is 14.4 Å². The normalized spacial score (nSPS) is 15.0. The maximum absolute atomic E-state index is 12.9. The van der Waals surface area contributed by atoms with Crippen LogP contribution in [0.3, 0.4) is 0 Å². The molecule has 1 rings (SSSR count). The Morgan fingerprint density at radius 3 is 2.24 bits per heavy atom. The van der Waals surface area contributed by atoms with E-state index in [1.54, 1.807) is 0 Å². The van der Waals surface area contributed by atoms with E-state index in [1.165, 1.54) is 0 Å². The fourth-order valence-corrected chi connectivity index (χ4v) is 2.94. The topological polar surface area (TPSA) is 153 Å². The molecule has 0 saturated heterocycles. The van der Waals surface area contributed by atoms with E-state index in [0.29, 0.717) is 19.4 Å². The lowest BCUT2D eigenvalue weighted by molar-refractivity contribution is -0.132. The fraction of sp³-hybridized carbons (Fsp3) is 0.571. The van der Waals surface area contributed by atoms with Crippen LogP contribution >= 0.6 is 0 Å². The molecule has 0 bridgehead atoms. The lowest BCUT2D eigenvalue weighted by atomic mass is 9.96. The Labute approximate surface area is 173 Å². The minimum atomic E-state index is -0.869. The van der Waals surface area contributed by atoms with Gasteiger partial charge in [0.25, 0.3) is 0 Å². The molecule has 0 saturated carbocycles. The van der Waals surface area contributed by atoms with Gasteiger partial charge in [0.15, 0.2) is 0 Å². The molecular formula is C21H35N5O3. The SMILES string of the molecule is CC[C@H](C)[C@H](NC(=O)[C@@H](N)CCCCN)C(=O)N[C@@H](Cc1ccccc1)C(N)=O. The maximum Gasteiger partial charge on any atom is 0.243 e. The third kappa shape index (κ3) is 8.62. The summed E-state index contributed by atoms with van der Waals surface area (Å²) < 4.78 is 0. The summed E-state index contributed by atoms with van der Waals surface area (Å²) in [6.45, 7) is 4.33. The Morgan fingerprint density at radius 1 is 1.03 bits per heavy atom. The van der Waals surface area contributed by atoms with Crippen LogP contribution in [0.1, 0.15) is 45.1 Å². The number of nitrogens with one attached hydrogen (secondary N) is 2. The second-order valence-electron chi connectivity index (χ2n) is 7.42. The number of primary amides is 1. The van der Waals surface area contributed by atoms with E-state index in [0.717, 1.165) is 18.4 Å². The van der Waals surface area contributed by atoms with Gasteiger partial charge in [-0.05, 0) is 30.9 Å². The average molecular weight is 406 g/mol. The Hall–Kier alpha value is -2.45. The Balaban J connectivity index is 2.80. The summed E-state index contributed by atoms with van der Waals surface area (Å²) in [5.74, 6) is -1.60. The van der Waals surface area contributed by atoms with E-state index in [-0.39, 0.29) is 18.2 Å². The van der Waals surface area contributed by atoms with E-state index in [2.05, 4.69) is 10.6 Å². The first kappa shape index (κ1) is 24.6. The zero-order chi connectivity index (χ0) is 21.8. The molecule has 8 heteroatoms. The number of amides is 3. The summed E-state index contributed by atoms with van der Waals surface area (Å²) in [5, 5.41) is 5.43. The van der Waals surface area contributed by atoms with Gasteiger partial charge >= 0.3 is 0 Å². The van der Waals surface area contributed by atoms with Crippen molar-refractivity contribution in [2.45, 2.75) is 64.1 Å². The number of unbranched alkanes of at least 4 members (excludes halogenated alkanes) is 1. The molecule has 0 fully saturated rings. The number of carbonyl (C=O) groups excluding carboxylic acids is 3. The van der Waals surface area contributed by atoms with Crippen molar-refractivity contribution in [1.82, 2.24) is 10.6 Å². The molecule has 0 aliphatic heterocycles. The molecule has 162 valence electrons. The van der Waals surface area contributed by atoms with Crippen molar-refractivity contribution in [3.8, 4) is 0 Å². The Bertz CT molecular complexity index is 653. The predicted molar refractivity (Wildman–Crippen MR) is 114 cm³/mol. The van der Waals surface area contributed by atoms with Crippen molar-refractivity contribution in [1.29, 1.82) is 0 Å². The van der Waals surface area contributed by atoms with Crippen LogP contribution in [0, 0.1) is 5.92 Å². The van der Waals surface area contributed by atoms with Crippen LogP contribution in [0.25, 0.3) is 0 Å². The molecule has 8 N–H and O–H groups in total. The molecule has 0 heterocycles. The van der Waals surface area contributed by atoms with Gasteiger partial charge in [-0.1, -0.05) is 57.0 Å². The lowest BCUT2D eigenvalue weighted by Crippen LogP contribution is -2.57. The lowest BCUT2D eigenvalue weighted by Gasteiger charge is -2.27. The molecule has 1 aromatic rings. The van der Waals surface area contributed by atoms with Gasteiger partial charge in [-0.25, -0.2) is 0 Å². The molecule has 4 atom stereocenters. The fourth-order valence-electron chi connectivity index (χ4n) is 2.94. The van der Waals surface area contributed by atoms with Gasteiger partial charge in [-0.15, -0.1) is 0 Å². The first-order chi connectivity index (χ1) is 13.8. The Morgan fingerprint density at radius 2 is 1.69 bits per heavy atom. The molecule has 0 radical (unpaired) electrons. The molecule has 3 amide bonds. The first-order valence-electron chi connectivity index (χ1n) is 10.2. The minimum Gasteiger partial charge on any atom is -0.368 e. The van der Waals surface area contributed by atoms with Crippen LogP contribution in [-0.4, -0.2) is 42.4 Å². The van der Waals surface area contributed by atoms with Crippen LogP contribution < -0.4 is 27.8 Å². The highest BCUT2D eigenvalue weighted by Gasteiger charge is 2.30. The molecule has 8 nitrogen and oxygen atoms in total. The molecule has 0 aromatic heterocycles. The monoisotopic (exact) mass is 405 g/mol. The Kier molecular flexibility index (Phi) is 10.9. The van der Waals surface area contributed by atoms with Crippen molar-refractivity contribution >= 4 is 17.7 Å². The maximum atomic E-state index is 12.9. The molecule has 0 spiro atoms. The van der Waals surface area contributed by atoms with Gasteiger partial charge in [0.1, 0.15) is 12.1 Å². The van der Waals surface area contributed by atoms with Crippen molar-refractivity contribution < 1.29 is 14.4 Å². The van der Waals surface area contributed by atoms with E-state index >= 15 is 0 Å². The average Bonchev–Trinajstić information content (AvgIpc) is 2.71. The largest absolute Gasteiger partial charge is 0.368 e. The van der Waals surface area contributed by atoms with E-state index in [1.807, 2.05) is 44.2 Å². The first-order valence-corrected chi connectivity index (χ1v) is 10.2. The zero-order valence-electron chi connectivity index (χ0n) is 17.4. The summed E-state index contributed by atoms with van der Waals surface area (Å²) >= 11 is 0. The number of nitrogens with two attached hydrogens (primary N) is 3. The molecule has 0 aliphatic rings. The standard InChI is InChI=1S/C21H35N5O3/c1-3-14(2)18(26-20(28)16(23)11-7-8-12-22)21(29)25-17(19(24)27)13-15-9-5-4-6-10-15/h4-6,9-10,14,16-18H,3,7-8,11-13,22-23H2,1-2H3,(H2,24,27)(H,25,29)(H,26,28)/t14-,16-,17-,18-/m0/s1. The minimum absolute atomic E-state index is 0.138. The van der Waals surface area contributed by atoms with Crippen LogP contribution in [0.4, 0.5) is 0 Å². The number of rotatable bonds is 13. The highest BCUT2D eigenvalue weighted by molar-refractivity contribution is 5.92. The third-order valence-corrected chi connectivity index (χ3v) is 5.04. The summed E-state index contributed by atoms with van der Waals surface area (Å²) in [4.78, 5) is 37.2. The quantitative estimate of drug-likeness (QED) is 0.296. The number of hydrogen-bond donors (Lipinski definition) is 5. The zero-order valence-corrected chi connectivity index (χ0v) is 17.4. The van der Waals surface area contributed by atoms with Crippen molar-refractivity contribution in [3.05, 3.63) is 35.9 Å². The summed E-state index contributed by atoms with van der Waals surface area (Å²) in [6.07, 6.45) is 2.97. The highest BCUT2D eigenvalue weighted by atomic mass is 16.2. The van der Waals surface area contributed by atoms with E-state index in [9.17, 15) is 14.4 Å². The number of carbonyl (C=O) groups is 3. The van der Waals surface area contributed by atoms with Gasteiger partial charge < -0.3 is 27.8 Å². The predicted octanol–water partition coefficient (Wildman–Crippen LogP) is 0.186. The van der Waals surface area contributed by atoms with Crippen molar-refractivity contribution in [2.75, 3.05) is 6.54 Å². The van der Waals surface area contributed by atoms with Gasteiger partial charge in [0.05, 0.1) is 6.04 Å². The molecule has 0 unspecified atom stereocenters. The van der Waals surface area contributed by atoms with E-state index < -0.39 is 29.9 Å². The molecule has 0 aliphatic carbocycles. The molecule has 1 aromatic carbocycles. The van der Waals surface area contributed by atoms with E-state index in [4.69, 9.17) is 17.2 Å². The van der Waals surface area contributed by atoms with Gasteiger partial charge in [0.2, 0.25) is 17.7 Å². The second kappa shape index (κ2) is 12.9. The molecule has 29 heavy (non-hydrogen) atoms. The third-order valence-electron chi connectivity index (χ3n) is 5.04. The highest BCUT2D eigenvalue weighted by Crippen LogP contribution is 2.11. The van der Waals surface area contributed by atoms with Crippen molar-refractivity contribution in [3.63, 3.8) is 0 Å². The number of hydrogen-bond acceptors (Lipinski definition) is 5. The summed E-state index contributed by atoms with van der Waals surface area (Å²) in [6, 6.07) is 6.90. The van der Waals surface area contributed by atoms with Crippen LogP contribution in [0.2, 0.25) is 0 Å². The number of benzene rings is 1.